The molecule has 0 aromatic rings. The molecule has 0 radical (unpaired) electrons. The SMILES string of the molecule is CCCCCCCCC/C=C/O[C@H]1CO[C@@H]([C@H](O)CO)[C@H]1O. The van der Waals surface area contributed by atoms with Gasteiger partial charge in [-0.25, -0.2) is 0 Å². The molecular weight excluding hydrogens is 284 g/mol. The Morgan fingerprint density at radius 3 is 2.55 bits per heavy atom. The summed E-state index contributed by atoms with van der Waals surface area (Å²) in [5.74, 6) is 0. The van der Waals surface area contributed by atoms with Gasteiger partial charge >= 0.3 is 0 Å². The molecule has 0 bridgehead atoms. The fourth-order valence-corrected chi connectivity index (χ4v) is 2.62. The van der Waals surface area contributed by atoms with Gasteiger partial charge in [-0.15, -0.1) is 0 Å². The zero-order chi connectivity index (χ0) is 16.2. The summed E-state index contributed by atoms with van der Waals surface area (Å²) >= 11 is 0. The predicted octanol–water partition coefficient (Wildman–Crippen LogP) is 2.14. The summed E-state index contributed by atoms with van der Waals surface area (Å²) in [5.41, 5.74) is 0. The molecule has 1 rings (SSSR count). The van der Waals surface area contributed by atoms with Crippen LogP contribution in [0.5, 0.6) is 0 Å². The van der Waals surface area contributed by atoms with Crippen LogP contribution in [0.1, 0.15) is 58.3 Å². The lowest BCUT2D eigenvalue weighted by molar-refractivity contribution is -0.0689. The summed E-state index contributed by atoms with van der Waals surface area (Å²) in [5, 5.41) is 28.3. The first-order chi connectivity index (χ1) is 10.7. The first-order valence-electron chi connectivity index (χ1n) is 8.59. The molecule has 1 heterocycles. The van der Waals surface area contributed by atoms with E-state index >= 15 is 0 Å². The maximum Gasteiger partial charge on any atom is 0.149 e. The van der Waals surface area contributed by atoms with Gasteiger partial charge in [0.15, 0.2) is 0 Å². The van der Waals surface area contributed by atoms with Crippen LogP contribution < -0.4 is 0 Å². The molecule has 5 heteroatoms. The Morgan fingerprint density at radius 1 is 1.18 bits per heavy atom. The Bertz CT molecular complexity index is 295. The minimum absolute atomic E-state index is 0.227. The summed E-state index contributed by atoms with van der Waals surface area (Å²) < 4.78 is 10.7. The minimum Gasteiger partial charge on any atom is -0.493 e. The van der Waals surface area contributed by atoms with Crippen LogP contribution >= 0.6 is 0 Å². The van der Waals surface area contributed by atoms with E-state index in [0.29, 0.717) is 0 Å². The number of ether oxygens (including phenoxy) is 2. The summed E-state index contributed by atoms with van der Waals surface area (Å²) in [6.07, 6.45) is 10.3. The third kappa shape index (κ3) is 7.09. The highest BCUT2D eigenvalue weighted by atomic mass is 16.6. The lowest BCUT2D eigenvalue weighted by atomic mass is 10.1. The van der Waals surface area contributed by atoms with E-state index in [0.717, 1.165) is 12.8 Å². The molecule has 3 N–H and O–H groups in total. The standard InChI is InChI=1S/C17H32O5/c1-2-3-4-5-6-7-8-9-10-11-21-15-13-22-17(16(15)20)14(19)12-18/h10-11,14-20H,2-9,12-13H2,1H3/b11-10+/t14-,15+,16+,17+/m1/s1. The highest BCUT2D eigenvalue weighted by Gasteiger charge is 2.40. The molecule has 0 amide bonds. The highest BCUT2D eigenvalue weighted by Crippen LogP contribution is 2.20. The molecule has 0 aromatic carbocycles. The predicted molar refractivity (Wildman–Crippen MR) is 85.5 cm³/mol. The number of unbranched alkanes of at least 4 members (excludes halogenated alkanes) is 7. The number of hydrogen-bond donors (Lipinski definition) is 3. The van der Waals surface area contributed by atoms with Crippen molar-refractivity contribution in [2.45, 2.75) is 82.7 Å². The molecule has 0 aromatic heterocycles. The van der Waals surface area contributed by atoms with Crippen LogP contribution in [-0.4, -0.2) is 52.9 Å². The topological polar surface area (TPSA) is 79.2 Å². The van der Waals surface area contributed by atoms with Gasteiger partial charge in [-0.3, -0.25) is 0 Å². The molecule has 22 heavy (non-hydrogen) atoms. The van der Waals surface area contributed by atoms with E-state index < -0.39 is 31.0 Å². The lowest BCUT2D eigenvalue weighted by Gasteiger charge is -2.20. The van der Waals surface area contributed by atoms with Crippen molar-refractivity contribution in [2.24, 2.45) is 0 Å². The molecule has 130 valence electrons. The Kier molecular flexibility index (Phi) is 10.5. The van der Waals surface area contributed by atoms with Crippen molar-refractivity contribution < 1.29 is 24.8 Å². The van der Waals surface area contributed by atoms with Gasteiger partial charge in [-0.1, -0.05) is 45.4 Å². The second kappa shape index (κ2) is 11.9. The average molecular weight is 316 g/mol. The van der Waals surface area contributed by atoms with Gasteiger partial charge in [0.1, 0.15) is 24.4 Å². The molecule has 1 fully saturated rings. The quantitative estimate of drug-likeness (QED) is 0.380. The first-order valence-corrected chi connectivity index (χ1v) is 8.59. The monoisotopic (exact) mass is 316 g/mol. The van der Waals surface area contributed by atoms with Crippen molar-refractivity contribution in [3.05, 3.63) is 12.3 Å². The molecule has 4 atom stereocenters. The molecule has 0 saturated carbocycles. The van der Waals surface area contributed by atoms with Crippen LogP contribution in [0.4, 0.5) is 0 Å². The van der Waals surface area contributed by atoms with Crippen molar-refractivity contribution in [3.63, 3.8) is 0 Å². The number of aliphatic hydroxyl groups excluding tert-OH is 3. The van der Waals surface area contributed by atoms with Crippen LogP contribution in [0.15, 0.2) is 12.3 Å². The van der Waals surface area contributed by atoms with E-state index in [1.165, 1.54) is 38.5 Å². The van der Waals surface area contributed by atoms with Gasteiger partial charge in [0.25, 0.3) is 0 Å². The summed E-state index contributed by atoms with van der Waals surface area (Å²) in [7, 11) is 0. The molecule has 1 saturated heterocycles. The van der Waals surface area contributed by atoms with Gasteiger partial charge < -0.3 is 24.8 Å². The minimum atomic E-state index is -1.07. The van der Waals surface area contributed by atoms with Crippen LogP contribution in [-0.2, 0) is 9.47 Å². The van der Waals surface area contributed by atoms with Crippen molar-refractivity contribution in [2.75, 3.05) is 13.2 Å². The molecule has 0 spiro atoms. The molecule has 0 unspecified atom stereocenters. The highest BCUT2D eigenvalue weighted by molar-refractivity contribution is 4.90. The average Bonchev–Trinajstić information content (AvgIpc) is 2.89. The van der Waals surface area contributed by atoms with Crippen molar-refractivity contribution >= 4 is 0 Å². The van der Waals surface area contributed by atoms with E-state index in [4.69, 9.17) is 14.6 Å². The smallest absolute Gasteiger partial charge is 0.149 e. The van der Waals surface area contributed by atoms with Crippen molar-refractivity contribution in [1.82, 2.24) is 0 Å². The largest absolute Gasteiger partial charge is 0.493 e. The van der Waals surface area contributed by atoms with Crippen LogP contribution in [0.2, 0.25) is 0 Å². The number of allylic oxidation sites excluding steroid dienone is 1. The van der Waals surface area contributed by atoms with Gasteiger partial charge in [-0.05, 0) is 18.9 Å². The van der Waals surface area contributed by atoms with Gasteiger partial charge in [-0.2, -0.15) is 0 Å². The zero-order valence-corrected chi connectivity index (χ0v) is 13.7. The summed E-state index contributed by atoms with van der Waals surface area (Å²) in [6.45, 7) is 2.02. The molecule has 1 aliphatic rings. The van der Waals surface area contributed by atoms with E-state index in [9.17, 15) is 10.2 Å². The molecule has 0 aliphatic carbocycles. The Morgan fingerprint density at radius 2 is 1.86 bits per heavy atom. The van der Waals surface area contributed by atoms with Gasteiger partial charge in [0.2, 0.25) is 0 Å². The van der Waals surface area contributed by atoms with Crippen LogP contribution in [0.25, 0.3) is 0 Å². The third-order valence-electron chi connectivity index (χ3n) is 4.06. The van der Waals surface area contributed by atoms with Crippen molar-refractivity contribution in [3.8, 4) is 0 Å². The Hall–Kier alpha value is -0.620. The molecular formula is C17H32O5. The van der Waals surface area contributed by atoms with E-state index in [1.807, 2.05) is 6.08 Å². The zero-order valence-electron chi connectivity index (χ0n) is 13.7. The maximum absolute atomic E-state index is 9.94. The van der Waals surface area contributed by atoms with E-state index in [1.54, 1.807) is 6.26 Å². The molecule has 5 nitrogen and oxygen atoms in total. The maximum atomic E-state index is 9.94. The fourth-order valence-electron chi connectivity index (χ4n) is 2.62. The summed E-state index contributed by atoms with van der Waals surface area (Å²) in [6, 6.07) is 0. The fraction of sp³-hybridized carbons (Fsp3) is 0.882. The van der Waals surface area contributed by atoms with E-state index in [2.05, 4.69) is 6.92 Å². The third-order valence-corrected chi connectivity index (χ3v) is 4.06. The Labute approximate surface area is 133 Å². The normalized spacial score (nSPS) is 26.6. The van der Waals surface area contributed by atoms with Gasteiger partial charge in [0, 0.05) is 0 Å². The van der Waals surface area contributed by atoms with Crippen molar-refractivity contribution in [1.29, 1.82) is 0 Å². The second-order valence-corrected chi connectivity index (χ2v) is 5.99. The first kappa shape index (κ1) is 19.4. The van der Waals surface area contributed by atoms with Gasteiger partial charge in [0.05, 0.1) is 19.5 Å². The van der Waals surface area contributed by atoms with Crippen LogP contribution in [0.3, 0.4) is 0 Å². The number of hydrogen-bond acceptors (Lipinski definition) is 5. The number of aliphatic hydroxyl groups is 3. The summed E-state index contributed by atoms with van der Waals surface area (Å²) in [4.78, 5) is 0. The molecule has 1 aliphatic heterocycles. The Balaban J connectivity index is 2.04. The number of rotatable bonds is 12. The second-order valence-electron chi connectivity index (χ2n) is 5.99. The van der Waals surface area contributed by atoms with E-state index in [-0.39, 0.29) is 6.61 Å². The lowest BCUT2D eigenvalue weighted by Crippen LogP contribution is -2.40. The van der Waals surface area contributed by atoms with Crippen LogP contribution in [0, 0.1) is 0 Å².